The minimum Gasteiger partial charge on any atom is -0.399 e. The average Bonchev–Trinajstić information content (AvgIpc) is 2.86. The predicted octanol–water partition coefficient (Wildman–Crippen LogP) is 4.13. The largest absolute Gasteiger partial charge is 0.399 e. The summed E-state index contributed by atoms with van der Waals surface area (Å²) in [6.07, 6.45) is 0. The van der Waals surface area contributed by atoms with E-state index in [1.807, 2.05) is 30.3 Å². The van der Waals surface area contributed by atoms with Gasteiger partial charge < -0.3 is 5.73 Å². The standard InChI is InChI=1S/C15H12BrN5O/c16-10-4-2-6-12(8-10)18-20-14-13(19-21-15(14)22)9-3-1-5-11(17)7-9/h1-8H,17H2,(H2,19,21,22). The lowest BCUT2D eigenvalue weighted by atomic mass is 10.1. The van der Waals surface area contributed by atoms with Crippen LogP contribution in [-0.2, 0) is 0 Å². The fourth-order valence-corrected chi connectivity index (χ4v) is 2.38. The van der Waals surface area contributed by atoms with Crippen molar-refractivity contribution in [3.8, 4) is 11.3 Å². The number of aromatic amines is 2. The summed E-state index contributed by atoms with van der Waals surface area (Å²) in [6, 6.07) is 14.5. The monoisotopic (exact) mass is 357 g/mol. The third-order valence-electron chi connectivity index (χ3n) is 3.00. The van der Waals surface area contributed by atoms with Crippen LogP contribution in [0, 0.1) is 0 Å². The van der Waals surface area contributed by atoms with Gasteiger partial charge in [0.05, 0.1) is 11.4 Å². The number of nitrogens with one attached hydrogen (secondary N) is 2. The number of azo groups is 1. The molecule has 7 heteroatoms. The molecule has 0 unspecified atom stereocenters. The highest BCUT2D eigenvalue weighted by molar-refractivity contribution is 9.10. The van der Waals surface area contributed by atoms with Gasteiger partial charge in [-0.05, 0) is 30.3 Å². The molecule has 0 atom stereocenters. The Kier molecular flexibility index (Phi) is 3.88. The fraction of sp³-hybridized carbons (Fsp3) is 0. The summed E-state index contributed by atoms with van der Waals surface area (Å²) in [7, 11) is 0. The second-order valence-electron chi connectivity index (χ2n) is 4.61. The lowest BCUT2D eigenvalue weighted by Crippen LogP contribution is -1.96. The van der Waals surface area contributed by atoms with Crippen LogP contribution >= 0.6 is 15.9 Å². The van der Waals surface area contributed by atoms with Crippen molar-refractivity contribution in [2.75, 3.05) is 5.73 Å². The molecular formula is C15H12BrN5O. The molecule has 2 aromatic carbocycles. The van der Waals surface area contributed by atoms with Gasteiger partial charge in [-0.2, -0.15) is 5.11 Å². The number of H-pyrrole nitrogens is 2. The first-order chi connectivity index (χ1) is 10.6. The van der Waals surface area contributed by atoms with Gasteiger partial charge in [-0.1, -0.05) is 34.1 Å². The number of nitrogens with two attached hydrogens (primary N) is 1. The molecule has 0 amide bonds. The molecule has 0 saturated heterocycles. The highest BCUT2D eigenvalue weighted by atomic mass is 79.9. The normalized spacial score (nSPS) is 11.1. The van der Waals surface area contributed by atoms with Crippen molar-refractivity contribution in [1.29, 1.82) is 0 Å². The summed E-state index contributed by atoms with van der Waals surface area (Å²) >= 11 is 3.36. The quantitative estimate of drug-likeness (QED) is 0.484. The third-order valence-corrected chi connectivity index (χ3v) is 3.50. The molecular weight excluding hydrogens is 346 g/mol. The van der Waals surface area contributed by atoms with Crippen LogP contribution in [0.5, 0.6) is 0 Å². The number of hydrogen-bond donors (Lipinski definition) is 3. The predicted molar refractivity (Wildman–Crippen MR) is 89.6 cm³/mol. The van der Waals surface area contributed by atoms with Gasteiger partial charge in [-0.3, -0.25) is 15.0 Å². The van der Waals surface area contributed by atoms with E-state index in [-0.39, 0.29) is 11.2 Å². The van der Waals surface area contributed by atoms with Gasteiger partial charge in [0, 0.05) is 15.7 Å². The van der Waals surface area contributed by atoms with Crippen LogP contribution in [-0.4, -0.2) is 10.2 Å². The lowest BCUT2D eigenvalue weighted by Gasteiger charge is -2.00. The zero-order valence-electron chi connectivity index (χ0n) is 11.4. The topological polar surface area (TPSA) is 99.4 Å². The van der Waals surface area contributed by atoms with E-state index >= 15 is 0 Å². The van der Waals surface area contributed by atoms with Crippen LogP contribution in [0.2, 0.25) is 0 Å². The molecule has 1 aromatic heterocycles. The van der Waals surface area contributed by atoms with Crippen molar-refractivity contribution in [2.45, 2.75) is 0 Å². The number of nitrogens with zero attached hydrogens (tertiary/aromatic N) is 2. The summed E-state index contributed by atoms with van der Waals surface area (Å²) in [6.45, 7) is 0. The molecule has 0 aliphatic rings. The Hall–Kier alpha value is -2.67. The smallest absolute Gasteiger partial charge is 0.292 e. The Balaban J connectivity index is 2.01. The minimum absolute atomic E-state index is 0.213. The van der Waals surface area contributed by atoms with Crippen molar-refractivity contribution in [3.63, 3.8) is 0 Å². The summed E-state index contributed by atoms with van der Waals surface area (Å²) in [5, 5.41) is 13.5. The summed E-state index contributed by atoms with van der Waals surface area (Å²) in [5.74, 6) is 0. The molecule has 3 aromatic rings. The van der Waals surface area contributed by atoms with E-state index < -0.39 is 0 Å². The van der Waals surface area contributed by atoms with Crippen LogP contribution in [0.25, 0.3) is 11.3 Å². The van der Waals surface area contributed by atoms with Crippen LogP contribution in [0.15, 0.2) is 68.0 Å². The van der Waals surface area contributed by atoms with Crippen molar-refractivity contribution in [1.82, 2.24) is 10.2 Å². The highest BCUT2D eigenvalue weighted by Crippen LogP contribution is 2.28. The van der Waals surface area contributed by atoms with Crippen LogP contribution < -0.4 is 11.3 Å². The highest BCUT2D eigenvalue weighted by Gasteiger charge is 2.11. The molecule has 6 nitrogen and oxygen atoms in total. The first kappa shape index (κ1) is 14.3. The van der Waals surface area contributed by atoms with Crippen LogP contribution in [0.4, 0.5) is 17.1 Å². The maximum atomic E-state index is 11.9. The Labute approximate surface area is 134 Å². The van der Waals surface area contributed by atoms with Crippen molar-refractivity contribution in [3.05, 3.63) is 63.4 Å². The Morgan fingerprint density at radius 2 is 1.82 bits per heavy atom. The molecule has 0 bridgehead atoms. The first-order valence-corrected chi connectivity index (χ1v) is 7.26. The van der Waals surface area contributed by atoms with Gasteiger partial charge in [0.1, 0.15) is 0 Å². The first-order valence-electron chi connectivity index (χ1n) is 6.47. The molecule has 22 heavy (non-hydrogen) atoms. The van der Waals surface area contributed by atoms with Crippen molar-refractivity contribution in [2.24, 2.45) is 10.2 Å². The Bertz CT molecular complexity index is 897. The third kappa shape index (κ3) is 2.99. The number of halogens is 1. The molecule has 1 heterocycles. The molecule has 4 N–H and O–H groups in total. The van der Waals surface area contributed by atoms with Crippen LogP contribution in [0.3, 0.4) is 0 Å². The number of anilines is 1. The number of rotatable bonds is 3. The summed E-state index contributed by atoms with van der Waals surface area (Å²) in [5.41, 5.74) is 8.22. The zero-order chi connectivity index (χ0) is 15.5. The number of aromatic nitrogens is 2. The fourth-order valence-electron chi connectivity index (χ4n) is 2.00. The van der Waals surface area contributed by atoms with E-state index in [0.717, 1.165) is 10.0 Å². The van der Waals surface area contributed by atoms with E-state index in [1.54, 1.807) is 18.2 Å². The second kappa shape index (κ2) is 5.98. The molecule has 0 aliphatic carbocycles. The Morgan fingerprint density at radius 3 is 2.59 bits per heavy atom. The molecule has 0 radical (unpaired) electrons. The van der Waals surface area contributed by atoms with E-state index in [1.165, 1.54) is 0 Å². The van der Waals surface area contributed by atoms with E-state index in [2.05, 4.69) is 36.4 Å². The van der Waals surface area contributed by atoms with Gasteiger partial charge in [0.2, 0.25) is 0 Å². The van der Waals surface area contributed by atoms with Gasteiger partial charge in [-0.25, -0.2) is 0 Å². The zero-order valence-corrected chi connectivity index (χ0v) is 13.0. The Morgan fingerprint density at radius 1 is 1.00 bits per heavy atom. The number of nitrogen functional groups attached to an aromatic ring is 1. The summed E-state index contributed by atoms with van der Waals surface area (Å²) < 4.78 is 0.892. The average molecular weight is 358 g/mol. The van der Waals surface area contributed by atoms with E-state index in [9.17, 15) is 4.79 Å². The lowest BCUT2D eigenvalue weighted by molar-refractivity contribution is 1.06. The molecule has 110 valence electrons. The SMILES string of the molecule is Nc1cccc(-c2[nH][nH]c(=O)c2N=Nc2cccc(Br)c2)c1. The van der Waals surface area contributed by atoms with Crippen LogP contribution in [0.1, 0.15) is 0 Å². The van der Waals surface area contributed by atoms with Crippen molar-refractivity contribution >= 4 is 33.0 Å². The molecule has 0 spiro atoms. The maximum Gasteiger partial charge on any atom is 0.292 e. The maximum absolute atomic E-state index is 11.9. The number of benzene rings is 2. The molecule has 0 aliphatic heterocycles. The van der Waals surface area contributed by atoms with Gasteiger partial charge >= 0.3 is 0 Å². The van der Waals surface area contributed by atoms with Crippen molar-refractivity contribution < 1.29 is 0 Å². The van der Waals surface area contributed by atoms with Gasteiger partial charge in [0.25, 0.3) is 5.56 Å². The van der Waals surface area contributed by atoms with E-state index in [0.29, 0.717) is 17.1 Å². The molecule has 3 rings (SSSR count). The van der Waals surface area contributed by atoms with E-state index in [4.69, 9.17) is 5.73 Å². The molecule has 0 saturated carbocycles. The minimum atomic E-state index is -0.337. The second-order valence-corrected chi connectivity index (χ2v) is 5.52. The number of hydrogen-bond acceptors (Lipinski definition) is 4. The van der Waals surface area contributed by atoms with Gasteiger partial charge in [0.15, 0.2) is 5.69 Å². The summed E-state index contributed by atoms with van der Waals surface area (Å²) in [4.78, 5) is 11.9. The molecule has 0 fully saturated rings. The van der Waals surface area contributed by atoms with Gasteiger partial charge in [-0.15, -0.1) is 5.11 Å².